The number of carboxylic acid groups (broad SMARTS) is 1. The van der Waals surface area contributed by atoms with Crippen LogP contribution in [-0.4, -0.2) is 42.6 Å². The number of methoxy groups -OCH3 is 1. The lowest BCUT2D eigenvalue weighted by molar-refractivity contribution is -0.140. The van der Waals surface area contributed by atoms with E-state index in [9.17, 15) is 19.5 Å². The van der Waals surface area contributed by atoms with E-state index in [-0.39, 0.29) is 24.0 Å². The van der Waals surface area contributed by atoms with Crippen LogP contribution < -0.4 is 10.6 Å². The van der Waals surface area contributed by atoms with Gasteiger partial charge >= 0.3 is 5.97 Å². The molecule has 2 atom stereocenters. The number of anilines is 1. The van der Waals surface area contributed by atoms with Crippen molar-refractivity contribution >= 4 is 34.1 Å². The largest absolute Gasteiger partial charge is 0.480 e. The van der Waals surface area contributed by atoms with Gasteiger partial charge in [-0.15, -0.1) is 11.3 Å². The van der Waals surface area contributed by atoms with E-state index in [1.54, 1.807) is 19.9 Å². The number of amides is 2. The van der Waals surface area contributed by atoms with E-state index in [1.165, 1.54) is 18.4 Å². The smallest absolute Gasteiger partial charge is 0.326 e. The van der Waals surface area contributed by atoms with Gasteiger partial charge in [-0.25, -0.2) is 4.79 Å². The summed E-state index contributed by atoms with van der Waals surface area (Å²) < 4.78 is 4.74. The van der Waals surface area contributed by atoms with Gasteiger partial charge in [-0.2, -0.15) is 0 Å². The summed E-state index contributed by atoms with van der Waals surface area (Å²) in [5.41, 5.74) is 0.256. The molecule has 1 aromatic rings. The average molecular weight is 342 g/mol. The zero-order valence-electron chi connectivity index (χ0n) is 13.6. The highest BCUT2D eigenvalue weighted by molar-refractivity contribution is 7.16. The van der Waals surface area contributed by atoms with Crippen molar-refractivity contribution in [2.45, 2.75) is 33.2 Å². The molecule has 0 bridgehead atoms. The fourth-order valence-electron chi connectivity index (χ4n) is 1.97. The lowest BCUT2D eigenvalue weighted by Crippen LogP contribution is -2.45. The van der Waals surface area contributed by atoms with Crippen molar-refractivity contribution in [2.24, 2.45) is 5.92 Å². The topological polar surface area (TPSA) is 105 Å². The molecular weight excluding hydrogens is 320 g/mol. The number of aryl methyl sites for hydroxylation is 1. The van der Waals surface area contributed by atoms with Crippen LogP contribution in [0.2, 0.25) is 0 Å². The molecule has 2 amide bonds. The monoisotopic (exact) mass is 342 g/mol. The molecule has 128 valence electrons. The SMILES string of the molecule is CCC(C)C(NC(=O)c1cc(C)sc1NC(=O)COC)C(=O)O. The summed E-state index contributed by atoms with van der Waals surface area (Å²) in [6.07, 6.45) is 0.622. The Morgan fingerprint density at radius 1 is 1.39 bits per heavy atom. The second-order valence-corrected chi connectivity index (χ2v) is 6.51. The minimum atomic E-state index is -1.08. The number of aliphatic carboxylic acids is 1. The van der Waals surface area contributed by atoms with Gasteiger partial charge < -0.3 is 20.5 Å². The van der Waals surface area contributed by atoms with Gasteiger partial charge in [0.15, 0.2) is 0 Å². The number of carbonyl (C=O) groups is 3. The molecule has 0 spiro atoms. The second-order valence-electron chi connectivity index (χ2n) is 5.26. The van der Waals surface area contributed by atoms with Crippen molar-refractivity contribution in [3.05, 3.63) is 16.5 Å². The van der Waals surface area contributed by atoms with E-state index in [0.717, 1.165) is 4.88 Å². The zero-order valence-corrected chi connectivity index (χ0v) is 14.5. The molecule has 0 aliphatic carbocycles. The lowest BCUT2D eigenvalue weighted by Gasteiger charge is -2.20. The summed E-state index contributed by atoms with van der Waals surface area (Å²) in [6, 6.07) is 0.646. The highest BCUT2D eigenvalue weighted by Gasteiger charge is 2.27. The van der Waals surface area contributed by atoms with Crippen molar-refractivity contribution in [1.29, 1.82) is 0 Å². The van der Waals surface area contributed by atoms with Crippen LogP contribution in [0.4, 0.5) is 5.00 Å². The van der Waals surface area contributed by atoms with Gasteiger partial charge in [0, 0.05) is 12.0 Å². The zero-order chi connectivity index (χ0) is 17.6. The van der Waals surface area contributed by atoms with Gasteiger partial charge in [-0.1, -0.05) is 20.3 Å². The first-order valence-electron chi connectivity index (χ1n) is 7.23. The number of nitrogens with one attached hydrogen (secondary N) is 2. The Bertz CT molecular complexity index is 584. The fraction of sp³-hybridized carbons (Fsp3) is 0.533. The molecule has 0 aliphatic heterocycles. The molecule has 0 aliphatic rings. The Labute approximate surface area is 139 Å². The van der Waals surface area contributed by atoms with Gasteiger partial charge in [-0.05, 0) is 18.9 Å². The van der Waals surface area contributed by atoms with Crippen molar-refractivity contribution < 1.29 is 24.2 Å². The van der Waals surface area contributed by atoms with E-state index in [4.69, 9.17) is 4.74 Å². The number of hydrogen-bond acceptors (Lipinski definition) is 5. The molecule has 1 heterocycles. The van der Waals surface area contributed by atoms with Crippen molar-refractivity contribution in [2.75, 3.05) is 19.0 Å². The van der Waals surface area contributed by atoms with E-state index in [1.807, 2.05) is 6.92 Å². The highest BCUT2D eigenvalue weighted by atomic mass is 32.1. The molecule has 0 saturated carbocycles. The molecule has 3 N–H and O–H groups in total. The third kappa shape index (κ3) is 5.33. The number of ether oxygens (including phenoxy) is 1. The standard InChI is InChI=1S/C15H22N2O5S/c1-5-8(2)12(15(20)21)17-13(19)10-6-9(3)23-14(10)16-11(18)7-22-4/h6,8,12H,5,7H2,1-4H3,(H,16,18)(H,17,19)(H,20,21). The van der Waals surface area contributed by atoms with E-state index >= 15 is 0 Å². The molecule has 0 fully saturated rings. The summed E-state index contributed by atoms with van der Waals surface area (Å²) in [4.78, 5) is 36.2. The van der Waals surface area contributed by atoms with Crippen LogP contribution in [0.25, 0.3) is 0 Å². The van der Waals surface area contributed by atoms with Crippen LogP contribution in [0.1, 0.15) is 35.5 Å². The summed E-state index contributed by atoms with van der Waals surface area (Å²) >= 11 is 1.25. The molecule has 0 saturated heterocycles. The number of hydrogen-bond donors (Lipinski definition) is 3. The van der Waals surface area contributed by atoms with Crippen molar-refractivity contribution in [1.82, 2.24) is 5.32 Å². The average Bonchev–Trinajstić information content (AvgIpc) is 2.84. The number of thiophene rings is 1. The molecule has 1 rings (SSSR count). The summed E-state index contributed by atoms with van der Waals surface area (Å²) in [5, 5.41) is 14.8. The number of carboxylic acids is 1. The predicted octanol–water partition coefficient (Wildman–Crippen LogP) is 1.87. The first-order chi connectivity index (χ1) is 10.8. The molecule has 2 unspecified atom stereocenters. The third-order valence-corrected chi connectivity index (χ3v) is 4.36. The Balaban J connectivity index is 2.94. The summed E-state index contributed by atoms with van der Waals surface area (Å²) in [7, 11) is 1.40. The van der Waals surface area contributed by atoms with Crippen LogP contribution >= 0.6 is 11.3 Å². The normalized spacial score (nSPS) is 13.2. The minimum Gasteiger partial charge on any atom is -0.480 e. The van der Waals surface area contributed by atoms with Crippen LogP contribution in [0.5, 0.6) is 0 Å². The van der Waals surface area contributed by atoms with Gasteiger partial charge in [0.1, 0.15) is 17.6 Å². The summed E-state index contributed by atoms with van der Waals surface area (Å²) in [5.74, 6) is -2.18. The Morgan fingerprint density at radius 2 is 2.04 bits per heavy atom. The van der Waals surface area contributed by atoms with Crippen LogP contribution in [0.3, 0.4) is 0 Å². The Hall–Kier alpha value is -1.93. The maximum absolute atomic E-state index is 12.4. The van der Waals surface area contributed by atoms with E-state index < -0.39 is 17.9 Å². The molecule has 0 radical (unpaired) electrons. The van der Waals surface area contributed by atoms with Gasteiger partial charge in [0.2, 0.25) is 0 Å². The predicted molar refractivity (Wildman–Crippen MR) is 87.9 cm³/mol. The minimum absolute atomic E-state index is 0.122. The Kier molecular flexibility index (Phi) is 7.18. The van der Waals surface area contributed by atoms with E-state index in [2.05, 4.69) is 10.6 Å². The van der Waals surface area contributed by atoms with E-state index in [0.29, 0.717) is 11.4 Å². The quantitative estimate of drug-likeness (QED) is 0.669. The third-order valence-electron chi connectivity index (χ3n) is 3.39. The molecule has 0 aromatic carbocycles. The van der Waals surface area contributed by atoms with Crippen molar-refractivity contribution in [3.63, 3.8) is 0 Å². The molecular formula is C15H22N2O5S. The first kappa shape index (κ1) is 19.1. The number of carbonyl (C=O) groups excluding carboxylic acids is 2. The molecule has 7 nitrogen and oxygen atoms in total. The van der Waals surface area contributed by atoms with Gasteiger partial charge in [0.25, 0.3) is 11.8 Å². The summed E-state index contributed by atoms with van der Waals surface area (Å²) in [6.45, 7) is 5.30. The maximum atomic E-state index is 12.4. The van der Waals surface area contributed by atoms with Crippen molar-refractivity contribution in [3.8, 4) is 0 Å². The fourth-order valence-corrected chi connectivity index (χ4v) is 2.90. The first-order valence-corrected chi connectivity index (χ1v) is 8.04. The second kappa shape index (κ2) is 8.64. The maximum Gasteiger partial charge on any atom is 0.326 e. The highest BCUT2D eigenvalue weighted by Crippen LogP contribution is 2.28. The molecule has 23 heavy (non-hydrogen) atoms. The van der Waals surface area contributed by atoms with Crippen LogP contribution in [0, 0.1) is 12.8 Å². The van der Waals surface area contributed by atoms with Crippen LogP contribution in [0.15, 0.2) is 6.07 Å². The number of rotatable bonds is 8. The molecule has 8 heteroatoms. The van der Waals surface area contributed by atoms with Gasteiger partial charge in [0.05, 0.1) is 5.56 Å². The lowest BCUT2D eigenvalue weighted by atomic mass is 9.99. The molecule has 1 aromatic heterocycles. The Morgan fingerprint density at radius 3 is 2.57 bits per heavy atom. The van der Waals surface area contributed by atoms with Crippen LogP contribution in [-0.2, 0) is 14.3 Å². The van der Waals surface area contributed by atoms with Gasteiger partial charge in [-0.3, -0.25) is 9.59 Å².